The predicted octanol–water partition coefficient (Wildman–Crippen LogP) is 7.54. The topological polar surface area (TPSA) is 52.6 Å². The van der Waals surface area contributed by atoms with Crippen molar-refractivity contribution in [1.29, 1.82) is 0 Å². The molecule has 0 atom stereocenters. The number of alkyl halides is 2. The third-order valence-corrected chi connectivity index (χ3v) is 4.97. The summed E-state index contributed by atoms with van der Waals surface area (Å²) in [6.45, 7) is 8.44. The molecule has 0 radical (unpaired) electrons. The normalized spacial score (nSPS) is 11.1. The zero-order chi connectivity index (χ0) is 26.1. The van der Waals surface area contributed by atoms with E-state index in [2.05, 4.69) is 13.2 Å². The number of ether oxygens (including phenoxy) is 2. The molecule has 0 saturated heterocycles. The summed E-state index contributed by atoms with van der Waals surface area (Å²) in [6.07, 6.45) is 5.26. The van der Waals surface area contributed by atoms with Crippen molar-refractivity contribution in [2.24, 2.45) is 0 Å². The summed E-state index contributed by atoms with van der Waals surface area (Å²) >= 11 is 0. The summed E-state index contributed by atoms with van der Waals surface area (Å²) < 4.78 is 37.7. The predicted molar refractivity (Wildman–Crippen MR) is 138 cm³/mol. The summed E-state index contributed by atoms with van der Waals surface area (Å²) in [4.78, 5) is 22.8. The van der Waals surface area contributed by atoms with Gasteiger partial charge in [-0.3, -0.25) is 0 Å². The molecule has 0 aliphatic carbocycles. The van der Waals surface area contributed by atoms with Gasteiger partial charge in [0.25, 0.3) is 6.43 Å². The minimum Gasteiger partial charge on any atom is -0.423 e. The van der Waals surface area contributed by atoms with Gasteiger partial charge in [-0.1, -0.05) is 73.9 Å². The number of halogens is 2. The summed E-state index contributed by atoms with van der Waals surface area (Å²) in [5.41, 5.74) is 2.79. The van der Waals surface area contributed by atoms with Gasteiger partial charge in [-0.2, -0.15) is 0 Å². The molecule has 0 aliphatic heterocycles. The molecule has 36 heavy (non-hydrogen) atoms. The van der Waals surface area contributed by atoms with Crippen LogP contribution >= 0.6 is 0 Å². The summed E-state index contributed by atoms with van der Waals surface area (Å²) in [6, 6.07) is 18.3. The molecule has 182 valence electrons. The Morgan fingerprint density at radius 1 is 0.778 bits per heavy atom. The van der Waals surface area contributed by atoms with Crippen molar-refractivity contribution in [3.8, 4) is 11.5 Å². The number of hydrogen-bond acceptors (Lipinski definition) is 4. The van der Waals surface area contributed by atoms with Gasteiger partial charge in [0.15, 0.2) is 0 Å². The maximum Gasteiger partial charge on any atom is 0.338 e. The molecular weight excluding hydrogens is 462 g/mol. The number of carbonyl (C=O) groups is 2. The molecule has 4 nitrogen and oxygen atoms in total. The average molecular weight is 487 g/mol. The molecule has 0 N–H and O–H groups in total. The van der Waals surface area contributed by atoms with Gasteiger partial charge in [0.2, 0.25) is 0 Å². The van der Waals surface area contributed by atoms with E-state index < -0.39 is 18.4 Å². The van der Waals surface area contributed by atoms with Gasteiger partial charge in [0.1, 0.15) is 11.5 Å². The quantitative estimate of drug-likeness (QED) is 0.136. The summed E-state index contributed by atoms with van der Waals surface area (Å²) in [5, 5.41) is 0. The van der Waals surface area contributed by atoms with Gasteiger partial charge in [-0.25, -0.2) is 18.4 Å². The molecule has 3 rings (SSSR count). The van der Waals surface area contributed by atoms with E-state index in [9.17, 15) is 18.4 Å². The fourth-order valence-corrected chi connectivity index (χ4v) is 3.06. The van der Waals surface area contributed by atoms with Gasteiger partial charge in [-0.05, 0) is 59.5 Å². The van der Waals surface area contributed by atoms with E-state index in [4.69, 9.17) is 9.47 Å². The Labute approximate surface area is 208 Å². The first-order valence-corrected chi connectivity index (χ1v) is 11.0. The molecule has 0 aromatic heterocycles. The van der Waals surface area contributed by atoms with Crippen LogP contribution in [0, 0.1) is 0 Å². The third-order valence-electron chi connectivity index (χ3n) is 4.97. The molecule has 0 heterocycles. The molecule has 0 aliphatic rings. The highest BCUT2D eigenvalue weighted by Gasteiger charge is 2.12. The van der Waals surface area contributed by atoms with E-state index in [0.29, 0.717) is 28.2 Å². The lowest BCUT2D eigenvalue weighted by Gasteiger charge is -2.07. The van der Waals surface area contributed by atoms with Crippen molar-refractivity contribution in [2.75, 3.05) is 0 Å². The number of hydrogen-bond donors (Lipinski definition) is 0. The van der Waals surface area contributed by atoms with E-state index >= 15 is 0 Å². The number of carbonyl (C=O) groups excluding carboxylic acids is 2. The van der Waals surface area contributed by atoms with Crippen LogP contribution in [0.25, 0.3) is 24.3 Å². The fourth-order valence-electron chi connectivity index (χ4n) is 3.06. The second-order valence-corrected chi connectivity index (χ2v) is 7.79. The molecule has 0 saturated carbocycles. The number of esters is 2. The molecular formula is C30H24F2O4. The van der Waals surface area contributed by atoms with Crippen molar-refractivity contribution in [2.45, 2.75) is 13.3 Å². The Balaban J connectivity index is 1.72. The Hall–Kier alpha value is -4.58. The molecule has 0 fully saturated rings. The Morgan fingerprint density at radius 3 is 1.81 bits per heavy atom. The maximum absolute atomic E-state index is 13.8. The van der Waals surface area contributed by atoms with Crippen molar-refractivity contribution in [3.63, 3.8) is 0 Å². The van der Waals surface area contributed by atoms with E-state index in [1.165, 1.54) is 6.07 Å². The smallest absolute Gasteiger partial charge is 0.338 e. The molecule has 3 aromatic carbocycles. The van der Waals surface area contributed by atoms with Gasteiger partial charge < -0.3 is 9.47 Å². The highest BCUT2D eigenvalue weighted by Crippen LogP contribution is 2.27. The fraction of sp³-hybridized carbons (Fsp3) is 0.0667. The zero-order valence-electron chi connectivity index (χ0n) is 19.6. The molecule has 0 spiro atoms. The average Bonchev–Trinajstić information content (AvgIpc) is 2.87. The van der Waals surface area contributed by atoms with E-state index in [-0.39, 0.29) is 5.56 Å². The van der Waals surface area contributed by atoms with Crippen LogP contribution in [0.3, 0.4) is 0 Å². The molecule has 6 heteroatoms. The van der Waals surface area contributed by atoms with E-state index in [1.807, 2.05) is 0 Å². The van der Waals surface area contributed by atoms with Crippen LogP contribution in [0.15, 0.2) is 91.5 Å². The SMILES string of the molecule is C=CC(=O)Oc1ccc(/C=C/c2ccc(/C=C/c3ccc(OC(=O)C(=C)C)cc3)c(C(F)F)c2)cc1. The molecule has 0 amide bonds. The first kappa shape index (κ1) is 26.0. The Morgan fingerprint density at radius 2 is 1.28 bits per heavy atom. The Bertz CT molecular complexity index is 1320. The monoisotopic (exact) mass is 486 g/mol. The van der Waals surface area contributed by atoms with Crippen LogP contribution in [-0.4, -0.2) is 11.9 Å². The third kappa shape index (κ3) is 7.46. The lowest BCUT2D eigenvalue weighted by atomic mass is 10.0. The lowest BCUT2D eigenvalue weighted by molar-refractivity contribution is -0.130. The van der Waals surface area contributed by atoms with E-state index in [1.54, 1.807) is 91.9 Å². The van der Waals surface area contributed by atoms with Crippen molar-refractivity contribution >= 4 is 36.2 Å². The highest BCUT2D eigenvalue weighted by atomic mass is 19.3. The highest BCUT2D eigenvalue weighted by molar-refractivity contribution is 5.88. The largest absolute Gasteiger partial charge is 0.423 e. The lowest BCUT2D eigenvalue weighted by Crippen LogP contribution is -2.07. The number of rotatable bonds is 9. The number of benzene rings is 3. The second-order valence-electron chi connectivity index (χ2n) is 7.79. The van der Waals surface area contributed by atoms with Crippen molar-refractivity contribution in [1.82, 2.24) is 0 Å². The summed E-state index contributed by atoms with van der Waals surface area (Å²) in [7, 11) is 0. The standard InChI is InChI=1S/C30H24F2O4/c1-4-28(33)35-25-15-9-21(10-16-25)5-6-23-8-14-24(27(19-23)29(31)32)13-7-22-11-17-26(18-12-22)36-30(34)20(2)3/h4-19,29H,1-2H2,3H3/b6-5+,13-7+. The first-order valence-electron chi connectivity index (χ1n) is 11.0. The molecule has 0 bridgehead atoms. The van der Waals surface area contributed by atoms with Gasteiger partial charge in [0, 0.05) is 17.2 Å². The van der Waals surface area contributed by atoms with Crippen molar-refractivity contribution in [3.05, 3.63) is 119 Å². The van der Waals surface area contributed by atoms with Crippen LogP contribution in [0.2, 0.25) is 0 Å². The van der Waals surface area contributed by atoms with Crippen LogP contribution < -0.4 is 9.47 Å². The Kier molecular flexibility index (Phi) is 8.84. The van der Waals surface area contributed by atoms with Gasteiger partial charge >= 0.3 is 11.9 Å². The summed E-state index contributed by atoms with van der Waals surface area (Å²) in [5.74, 6) is -0.305. The van der Waals surface area contributed by atoms with Crippen LogP contribution in [0.5, 0.6) is 11.5 Å². The van der Waals surface area contributed by atoms with Gasteiger partial charge in [-0.15, -0.1) is 0 Å². The minimum atomic E-state index is -2.65. The first-order chi connectivity index (χ1) is 17.2. The molecule has 0 unspecified atom stereocenters. The van der Waals surface area contributed by atoms with Crippen LogP contribution in [0.4, 0.5) is 8.78 Å². The molecule has 3 aromatic rings. The van der Waals surface area contributed by atoms with Crippen molar-refractivity contribution < 1.29 is 27.8 Å². The van der Waals surface area contributed by atoms with E-state index in [0.717, 1.165) is 17.2 Å². The van der Waals surface area contributed by atoms with Crippen LogP contribution in [-0.2, 0) is 9.59 Å². The zero-order valence-corrected chi connectivity index (χ0v) is 19.6. The maximum atomic E-state index is 13.8. The minimum absolute atomic E-state index is 0.0907. The second kappa shape index (κ2) is 12.2. The van der Waals surface area contributed by atoms with Gasteiger partial charge in [0.05, 0.1) is 0 Å². The van der Waals surface area contributed by atoms with Crippen LogP contribution in [0.1, 0.15) is 41.2 Å².